The molecular formula is C20H17N3O2S2. The lowest BCUT2D eigenvalue weighted by Gasteiger charge is -2.06. The molecular weight excluding hydrogens is 378 g/mol. The Morgan fingerprint density at radius 2 is 1.52 bits per heavy atom. The molecule has 0 saturated carbocycles. The highest BCUT2D eigenvalue weighted by molar-refractivity contribution is 8.00. The minimum absolute atomic E-state index is 0.807. The van der Waals surface area contributed by atoms with Crippen LogP contribution in [0, 0.1) is 0 Å². The minimum atomic E-state index is 0.807. The minimum Gasteiger partial charge on any atom is -0.497 e. The average Bonchev–Trinajstić information content (AvgIpc) is 3.38. The summed E-state index contributed by atoms with van der Waals surface area (Å²) in [4.78, 5) is 12.6. The van der Waals surface area contributed by atoms with Crippen LogP contribution in [0.5, 0.6) is 11.5 Å². The van der Waals surface area contributed by atoms with Crippen LogP contribution in [0.2, 0.25) is 0 Å². The first-order valence-corrected chi connectivity index (χ1v) is 9.92. The van der Waals surface area contributed by atoms with Crippen LogP contribution in [0.1, 0.15) is 0 Å². The van der Waals surface area contributed by atoms with Gasteiger partial charge in [0, 0.05) is 22.7 Å². The molecule has 27 heavy (non-hydrogen) atoms. The number of aromatic amines is 1. The highest BCUT2D eigenvalue weighted by atomic mass is 32.2. The van der Waals surface area contributed by atoms with E-state index >= 15 is 0 Å². The molecule has 0 fully saturated rings. The lowest BCUT2D eigenvalue weighted by Crippen LogP contribution is -1.87. The van der Waals surface area contributed by atoms with Gasteiger partial charge in [-0.3, -0.25) is 0 Å². The van der Waals surface area contributed by atoms with Gasteiger partial charge in [-0.25, -0.2) is 9.97 Å². The number of imidazole rings is 1. The molecule has 2 aromatic heterocycles. The molecule has 4 rings (SSSR count). The lowest BCUT2D eigenvalue weighted by molar-refractivity contribution is 0.414. The number of rotatable bonds is 6. The second-order valence-electron chi connectivity index (χ2n) is 5.62. The van der Waals surface area contributed by atoms with Gasteiger partial charge < -0.3 is 14.5 Å². The number of thiazole rings is 1. The largest absolute Gasteiger partial charge is 0.497 e. The van der Waals surface area contributed by atoms with Crippen molar-refractivity contribution in [3.8, 4) is 34.0 Å². The number of nitrogens with zero attached hydrogens (tertiary/aromatic N) is 2. The molecule has 0 spiro atoms. The monoisotopic (exact) mass is 395 g/mol. The lowest BCUT2D eigenvalue weighted by atomic mass is 10.0. The fourth-order valence-corrected chi connectivity index (χ4v) is 4.19. The Hall–Kier alpha value is -2.77. The fraction of sp³-hybridized carbons (Fsp3) is 0.100. The van der Waals surface area contributed by atoms with Gasteiger partial charge in [-0.2, -0.15) is 0 Å². The van der Waals surface area contributed by atoms with Crippen molar-refractivity contribution in [3.05, 3.63) is 60.1 Å². The summed E-state index contributed by atoms with van der Waals surface area (Å²) in [5.74, 6) is 1.64. The van der Waals surface area contributed by atoms with E-state index < -0.39 is 0 Å². The van der Waals surface area contributed by atoms with Gasteiger partial charge in [-0.05, 0) is 60.3 Å². The second-order valence-corrected chi connectivity index (χ2v) is 7.75. The van der Waals surface area contributed by atoms with Gasteiger partial charge in [0.25, 0.3) is 0 Å². The Morgan fingerprint density at radius 3 is 2.07 bits per heavy atom. The molecule has 2 heterocycles. The van der Waals surface area contributed by atoms with E-state index in [0.29, 0.717) is 0 Å². The van der Waals surface area contributed by atoms with Crippen LogP contribution in [0.4, 0.5) is 0 Å². The first kappa shape index (κ1) is 17.6. The zero-order valence-corrected chi connectivity index (χ0v) is 16.4. The Bertz CT molecular complexity index is 946. The fourth-order valence-electron chi connectivity index (χ4n) is 2.67. The summed E-state index contributed by atoms with van der Waals surface area (Å²) in [5.41, 5.74) is 3.91. The summed E-state index contributed by atoms with van der Waals surface area (Å²) in [6.07, 6.45) is 1.80. The van der Waals surface area contributed by atoms with Gasteiger partial charge in [-0.1, -0.05) is 0 Å². The van der Waals surface area contributed by atoms with Crippen molar-refractivity contribution < 1.29 is 9.47 Å². The van der Waals surface area contributed by atoms with Crippen molar-refractivity contribution in [2.45, 2.75) is 9.50 Å². The maximum atomic E-state index is 5.27. The molecule has 2 aromatic carbocycles. The number of aromatic nitrogens is 3. The van der Waals surface area contributed by atoms with Crippen LogP contribution in [-0.4, -0.2) is 29.2 Å². The zero-order valence-electron chi connectivity index (χ0n) is 14.8. The van der Waals surface area contributed by atoms with E-state index in [2.05, 4.69) is 9.97 Å². The van der Waals surface area contributed by atoms with E-state index in [-0.39, 0.29) is 0 Å². The molecule has 5 nitrogen and oxygen atoms in total. The predicted molar refractivity (Wildman–Crippen MR) is 109 cm³/mol. The van der Waals surface area contributed by atoms with E-state index in [1.807, 2.05) is 53.9 Å². The Kier molecular flexibility index (Phi) is 5.13. The average molecular weight is 396 g/mol. The quantitative estimate of drug-likeness (QED) is 0.476. The zero-order chi connectivity index (χ0) is 18.6. The van der Waals surface area contributed by atoms with Crippen LogP contribution < -0.4 is 9.47 Å². The summed E-state index contributed by atoms with van der Waals surface area (Å²) >= 11 is 3.12. The topological polar surface area (TPSA) is 60.0 Å². The highest BCUT2D eigenvalue weighted by Crippen LogP contribution is 2.36. The van der Waals surface area contributed by atoms with Crippen molar-refractivity contribution in [2.75, 3.05) is 14.2 Å². The van der Waals surface area contributed by atoms with E-state index in [9.17, 15) is 0 Å². The van der Waals surface area contributed by atoms with Crippen LogP contribution in [0.25, 0.3) is 22.5 Å². The molecule has 4 aromatic rings. The smallest absolute Gasteiger partial charge is 0.173 e. The first-order chi connectivity index (χ1) is 13.3. The van der Waals surface area contributed by atoms with Gasteiger partial charge in [-0.15, -0.1) is 11.3 Å². The van der Waals surface area contributed by atoms with Crippen molar-refractivity contribution in [1.82, 2.24) is 15.0 Å². The third-order valence-corrected chi connectivity index (χ3v) is 5.79. The van der Waals surface area contributed by atoms with Crippen LogP contribution in [0.15, 0.2) is 69.6 Å². The molecule has 0 atom stereocenters. The summed E-state index contributed by atoms with van der Waals surface area (Å²) in [6.45, 7) is 0. The van der Waals surface area contributed by atoms with Gasteiger partial charge >= 0.3 is 0 Å². The third kappa shape index (κ3) is 3.84. The standard InChI is InChI=1S/C20H17N3O2S2/c1-24-15-7-3-13(4-8-15)17-18(14-5-9-16(25-2)10-6-14)23-19(22-17)27-20-21-11-12-26-20/h3-12H,1-2H3,(H,22,23). The maximum Gasteiger partial charge on any atom is 0.173 e. The van der Waals surface area contributed by atoms with Crippen LogP contribution >= 0.6 is 23.1 Å². The van der Waals surface area contributed by atoms with Crippen molar-refractivity contribution in [2.24, 2.45) is 0 Å². The summed E-state index contributed by atoms with van der Waals surface area (Å²) in [7, 11) is 3.33. The number of methoxy groups -OCH3 is 2. The van der Waals surface area contributed by atoms with Crippen LogP contribution in [-0.2, 0) is 0 Å². The molecule has 136 valence electrons. The number of hydrogen-bond donors (Lipinski definition) is 1. The normalized spacial score (nSPS) is 10.7. The number of hydrogen-bond acceptors (Lipinski definition) is 6. The number of nitrogens with one attached hydrogen (secondary N) is 1. The second kappa shape index (κ2) is 7.85. The maximum absolute atomic E-state index is 5.27. The summed E-state index contributed by atoms with van der Waals surface area (Å²) < 4.78 is 11.5. The SMILES string of the molecule is COc1ccc(-c2nc(Sc3nccs3)[nH]c2-c2ccc(OC)cc2)cc1. The number of H-pyrrole nitrogens is 1. The molecule has 0 radical (unpaired) electrons. The van der Waals surface area contributed by atoms with Crippen molar-refractivity contribution in [3.63, 3.8) is 0 Å². The van der Waals surface area contributed by atoms with Gasteiger partial charge in [0.2, 0.25) is 0 Å². The van der Waals surface area contributed by atoms with Crippen molar-refractivity contribution in [1.29, 1.82) is 0 Å². The Labute approximate surface area is 165 Å². The number of benzene rings is 2. The van der Waals surface area contributed by atoms with Crippen molar-refractivity contribution >= 4 is 23.1 Å². The van der Waals surface area contributed by atoms with Crippen LogP contribution in [0.3, 0.4) is 0 Å². The Morgan fingerprint density at radius 1 is 0.889 bits per heavy atom. The van der Waals surface area contributed by atoms with Gasteiger partial charge in [0.05, 0.1) is 25.6 Å². The summed E-state index contributed by atoms with van der Waals surface area (Å²) in [6, 6.07) is 15.8. The molecule has 0 unspecified atom stereocenters. The Balaban J connectivity index is 1.77. The molecule has 7 heteroatoms. The van der Waals surface area contributed by atoms with Gasteiger partial charge in [0.15, 0.2) is 9.50 Å². The highest BCUT2D eigenvalue weighted by Gasteiger charge is 2.16. The van der Waals surface area contributed by atoms with E-state index in [4.69, 9.17) is 14.5 Å². The number of ether oxygens (including phenoxy) is 2. The molecule has 0 amide bonds. The first-order valence-electron chi connectivity index (χ1n) is 8.23. The van der Waals surface area contributed by atoms with E-state index in [1.165, 1.54) is 11.8 Å². The molecule has 0 aliphatic rings. The summed E-state index contributed by atoms with van der Waals surface area (Å²) in [5, 5.41) is 2.77. The molecule has 0 bridgehead atoms. The predicted octanol–water partition coefficient (Wildman–Crippen LogP) is 5.37. The molecule has 0 saturated heterocycles. The molecule has 0 aliphatic carbocycles. The van der Waals surface area contributed by atoms with Gasteiger partial charge in [0.1, 0.15) is 11.5 Å². The van der Waals surface area contributed by atoms with E-state index in [1.54, 1.807) is 31.8 Å². The molecule has 0 aliphatic heterocycles. The van der Waals surface area contributed by atoms with E-state index in [0.717, 1.165) is 43.5 Å². The molecule has 1 N–H and O–H groups in total. The third-order valence-electron chi connectivity index (χ3n) is 4.02.